The van der Waals surface area contributed by atoms with Gasteiger partial charge in [-0.25, -0.2) is 0 Å². The van der Waals surface area contributed by atoms with E-state index >= 15 is 0 Å². The van der Waals surface area contributed by atoms with Crippen LogP contribution >= 0.6 is 0 Å². The van der Waals surface area contributed by atoms with Crippen LogP contribution < -0.4 is 4.90 Å². The monoisotopic (exact) mass is 478 g/mol. The first kappa shape index (κ1) is 24.1. The number of carbonyl (C=O) groups excluding carboxylic acids is 1. The number of nitrogens with zero attached hydrogens (tertiary/aromatic N) is 2. The van der Waals surface area contributed by atoms with E-state index < -0.39 is 0 Å². The third kappa shape index (κ3) is 4.60. The molecule has 4 nitrogen and oxygen atoms in total. The maximum atomic E-state index is 13.0. The number of esters is 1. The van der Waals surface area contributed by atoms with Crippen LogP contribution in [0.4, 0.5) is 5.69 Å². The Kier molecular flexibility index (Phi) is 6.77. The molecule has 0 N–H and O–H groups in total. The summed E-state index contributed by atoms with van der Waals surface area (Å²) in [7, 11) is 5.61. The maximum absolute atomic E-state index is 13.0. The van der Waals surface area contributed by atoms with E-state index in [0.29, 0.717) is 5.92 Å². The summed E-state index contributed by atoms with van der Waals surface area (Å²) in [4.78, 5) is 20.1. The predicted octanol–water partition coefficient (Wildman–Crippen LogP) is 6.99. The minimum Gasteiger partial charge on any atom is -0.468 e. The van der Waals surface area contributed by atoms with E-state index in [1.54, 1.807) is 0 Å². The average molecular weight is 479 g/mol. The lowest BCUT2D eigenvalue weighted by molar-refractivity contribution is -0.143. The summed E-state index contributed by atoms with van der Waals surface area (Å²) in [5.41, 5.74) is 9.38. The minimum absolute atomic E-state index is 0.0353. The van der Waals surface area contributed by atoms with Gasteiger partial charge < -0.3 is 9.64 Å². The van der Waals surface area contributed by atoms with E-state index in [2.05, 4.69) is 91.8 Å². The number of rotatable bonds is 5. The van der Waals surface area contributed by atoms with Crippen LogP contribution in [0.1, 0.15) is 49.1 Å². The first-order valence-corrected chi connectivity index (χ1v) is 12.7. The summed E-state index contributed by atoms with van der Waals surface area (Å²) >= 11 is 0. The first-order valence-electron chi connectivity index (χ1n) is 12.7. The number of methoxy groups -OCH3 is 1. The lowest BCUT2D eigenvalue weighted by Gasteiger charge is -2.37. The fourth-order valence-corrected chi connectivity index (χ4v) is 5.79. The van der Waals surface area contributed by atoms with E-state index in [4.69, 9.17) is 9.73 Å². The van der Waals surface area contributed by atoms with Crippen molar-refractivity contribution in [2.75, 3.05) is 26.1 Å². The number of aliphatic imine (C=N–C) groups is 1. The standard InChI is InChI=1S/C32H34N2O2/c1-21-30(32(35)36-4)31(25-12-10-23(11-13-25)22-8-6-5-7-9-22)28-19-16-26(20-29(28)33-21)24-14-17-27(18-15-24)34(2)3/h5-15,17-18,26,30-31H,16,19-20H2,1-4H3. The van der Waals surface area contributed by atoms with Crippen molar-refractivity contribution in [3.8, 4) is 11.1 Å². The van der Waals surface area contributed by atoms with Crippen molar-refractivity contribution in [1.29, 1.82) is 0 Å². The van der Waals surface area contributed by atoms with Gasteiger partial charge in [0.1, 0.15) is 5.92 Å². The van der Waals surface area contributed by atoms with Gasteiger partial charge in [-0.3, -0.25) is 9.79 Å². The summed E-state index contributed by atoms with van der Waals surface area (Å²) in [5.74, 6) is -0.187. The molecule has 3 unspecified atom stereocenters. The lowest BCUT2D eigenvalue weighted by atomic mass is 9.69. The van der Waals surface area contributed by atoms with Gasteiger partial charge in [-0.1, -0.05) is 66.7 Å². The van der Waals surface area contributed by atoms with Crippen LogP contribution in [0, 0.1) is 5.92 Å². The number of ether oxygens (including phenoxy) is 1. The zero-order valence-corrected chi connectivity index (χ0v) is 21.6. The molecule has 0 radical (unpaired) electrons. The predicted molar refractivity (Wildman–Crippen MR) is 148 cm³/mol. The van der Waals surface area contributed by atoms with Crippen molar-refractivity contribution < 1.29 is 9.53 Å². The molecule has 5 rings (SSSR count). The number of hydrogen-bond acceptors (Lipinski definition) is 4. The van der Waals surface area contributed by atoms with E-state index in [9.17, 15) is 4.79 Å². The molecule has 2 aliphatic rings. The molecule has 4 heteroatoms. The molecule has 0 spiro atoms. The molecule has 0 bridgehead atoms. The van der Waals surface area contributed by atoms with Crippen LogP contribution in [-0.4, -0.2) is 32.9 Å². The molecule has 1 aliphatic carbocycles. The fourth-order valence-electron chi connectivity index (χ4n) is 5.79. The van der Waals surface area contributed by atoms with Gasteiger partial charge in [0.15, 0.2) is 0 Å². The number of benzene rings is 3. The molecule has 0 fully saturated rings. The third-order valence-corrected chi connectivity index (χ3v) is 7.76. The Hall–Kier alpha value is -3.66. The summed E-state index contributed by atoms with van der Waals surface area (Å²) < 4.78 is 5.26. The molecule has 0 aromatic heterocycles. The van der Waals surface area contributed by atoms with Crippen LogP contribution in [0.3, 0.4) is 0 Å². The second-order valence-electron chi connectivity index (χ2n) is 10.1. The molecule has 3 aromatic carbocycles. The van der Waals surface area contributed by atoms with Crippen molar-refractivity contribution in [2.45, 2.75) is 38.0 Å². The summed E-state index contributed by atoms with van der Waals surface area (Å²) in [5, 5.41) is 0. The van der Waals surface area contributed by atoms with Crippen LogP contribution in [-0.2, 0) is 9.53 Å². The van der Waals surface area contributed by atoms with Gasteiger partial charge in [-0.2, -0.15) is 0 Å². The molecule has 1 aliphatic heterocycles. The summed E-state index contributed by atoms with van der Waals surface area (Å²) in [6.07, 6.45) is 2.90. The molecule has 0 saturated heterocycles. The second kappa shape index (κ2) is 10.1. The van der Waals surface area contributed by atoms with Crippen molar-refractivity contribution >= 4 is 17.4 Å². The highest BCUT2D eigenvalue weighted by Gasteiger charge is 2.41. The Morgan fingerprint density at radius 1 is 0.889 bits per heavy atom. The van der Waals surface area contributed by atoms with Gasteiger partial charge in [0.2, 0.25) is 0 Å². The van der Waals surface area contributed by atoms with Gasteiger partial charge in [0, 0.05) is 37.1 Å². The maximum Gasteiger partial charge on any atom is 0.315 e. The van der Waals surface area contributed by atoms with Gasteiger partial charge in [-0.05, 0) is 72.1 Å². The Balaban J connectivity index is 1.48. The highest BCUT2D eigenvalue weighted by Crippen LogP contribution is 2.48. The smallest absolute Gasteiger partial charge is 0.315 e. The Labute approximate surface area is 214 Å². The van der Waals surface area contributed by atoms with E-state index in [1.807, 2.05) is 13.0 Å². The minimum atomic E-state index is -0.382. The number of allylic oxidation sites excluding steroid dienone is 2. The second-order valence-corrected chi connectivity index (χ2v) is 10.1. The first-order chi connectivity index (χ1) is 17.5. The van der Waals surface area contributed by atoms with Crippen molar-refractivity contribution in [3.05, 3.63) is 101 Å². The highest BCUT2D eigenvalue weighted by atomic mass is 16.5. The number of anilines is 1. The molecule has 36 heavy (non-hydrogen) atoms. The third-order valence-electron chi connectivity index (χ3n) is 7.76. The van der Waals surface area contributed by atoms with Crippen molar-refractivity contribution in [1.82, 2.24) is 0 Å². The van der Waals surface area contributed by atoms with Crippen LogP contribution in [0.25, 0.3) is 11.1 Å². The van der Waals surface area contributed by atoms with Gasteiger partial charge >= 0.3 is 5.97 Å². The fraction of sp³-hybridized carbons (Fsp3) is 0.312. The molecular weight excluding hydrogens is 444 g/mol. The van der Waals surface area contributed by atoms with Gasteiger partial charge in [-0.15, -0.1) is 0 Å². The van der Waals surface area contributed by atoms with Crippen LogP contribution in [0.5, 0.6) is 0 Å². The zero-order valence-electron chi connectivity index (χ0n) is 21.6. The highest BCUT2D eigenvalue weighted by molar-refractivity contribution is 6.03. The van der Waals surface area contributed by atoms with E-state index in [0.717, 1.165) is 36.2 Å². The Morgan fingerprint density at radius 2 is 1.53 bits per heavy atom. The number of hydrogen-bond donors (Lipinski definition) is 0. The van der Waals surface area contributed by atoms with E-state index in [-0.39, 0.29) is 17.8 Å². The van der Waals surface area contributed by atoms with Crippen LogP contribution in [0.2, 0.25) is 0 Å². The number of carbonyl (C=O) groups is 1. The van der Waals surface area contributed by atoms with Gasteiger partial charge in [0.05, 0.1) is 7.11 Å². The van der Waals surface area contributed by atoms with E-state index in [1.165, 1.54) is 35.1 Å². The molecular formula is C32H34N2O2. The summed E-state index contributed by atoms with van der Waals surface area (Å²) in [6, 6.07) is 28.0. The van der Waals surface area contributed by atoms with Crippen molar-refractivity contribution in [2.24, 2.45) is 10.9 Å². The SMILES string of the molecule is COC(=O)C1C(C)=NC2=C(CCC(c3ccc(N(C)C)cc3)C2)C1c1ccc(-c2ccccc2)cc1. The molecule has 0 saturated carbocycles. The topological polar surface area (TPSA) is 41.9 Å². The van der Waals surface area contributed by atoms with Crippen molar-refractivity contribution in [3.63, 3.8) is 0 Å². The largest absolute Gasteiger partial charge is 0.468 e. The summed E-state index contributed by atoms with van der Waals surface area (Å²) in [6.45, 7) is 1.98. The van der Waals surface area contributed by atoms with Gasteiger partial charge in [0.25, 0.3) is 0 Å². The lowest BCUT2D eigenvalue weighted by Crippen LogP contribution is -2.35. The quantitative estimate of drug-likeness (QED) is 0.371. The normalized spacial score (nSPS) is 21.4. The Bertz CT molecular complexity index is 1290. The van der Waals surface area contributed by atoms with Crippen LogP contribution in [0.15, 0.2) is 95.1 Å². The molecule has 184 valence electrons. The molecule has 1 heterocycles. The molecule has 0 amide bonds. The zero-order chi connectivity index (χ0) is 25.2. The molecule has 3 atom stereocenters. The molecule has 3 aromatic rings. The Morgan fingerprint density at radius 3 is 2.17 bits per heavy atom. The average Bonchev–Trinajstić information content (AvgIpc) is 2.92.